The maximum Gasteiger partial charge on any atom is 0.153 e. The minimum atomic E-state index is -3.15. The Morgan fingerprint density at radius 2 is 2.04 bits per heavy atom. The molecule has 2 saturated carbocycles. The van der Waals surface area contributed by atoms with E-state index in [4.69, 9.17) is 0 Å². The Labute approximate surface area is 140 Å². The number of nitrogens with one attached hydrogen (secondary N) is 1. The summed E-state index contributed by atoms with van der Waals surface area (Å²) < 4.78 is 37.4. The van der Waals surface area contributed by atoms with Gasteiger partial charge in [0, 0.05) is 19.3 Å². The second kappa shape index (κ2) is 5.68. The lowest BCUT2D eigenvalue weighted by atomic mass is 9.81. The highest BCUT2D eigenvalue weighted by atomic mass is 32.2. The van der Waals surface area contributed by atoms with Gasteiger partial charge in [-0.05, 0) is 37.7 Å². The molecule has 0 bridgehead atoms. The van der Waals surface area contributed by atoms with Crippen LogP contribution in [0.25, 0.3) is 11.0 Å². The van der Waals surface area contributed by atoms with Crippen LogP contribution in [0.4, 0.5) is 10.2 Å². The number of nitrogens with zero attached hydrogens (tertiary/aromatic N) is 3. The highest BCUT2D eigenvalue weighted by Gasteiger charge is 2.43. The Bertz CT molecular complexity index is 841. The van der Waals surface area contributed by atoms with E-state index in [-0.39, 0.29) is 30.6 Å². The van der Waals surface area contributed by atoms with Gasteiger partial charge in [-0.3, -0.25) is 0 Å². The van der Waals surface area contributed by atoms with E-state index in [1.165, 1.54) is 6.33 Å². The van der Waals surface area contributed by atoms with Crippen molar-refractivity contribution in [2.45, 2.75) is 43.1 Å². The normalized spacial score (nSPS) is 29.9. The van der Waals surface area contributed by atoms with E-state index < -0.39 is 21.3 Å². The molecule has 2 heterocycles. The molecule has 4 rings (SSSR count). The predicted molar refractivity (Wildman–Crippen MR) is 90.5 cm³/mol. The molecule has 6 nitrogen and oxygen atoms in total. The van der Waals surface area contributed by atoms with Crippen molar-refractivity contribution in [3.63, 3.8) is 0 Å². The Balaban J connectivity index is 1.38. The van der Waals surface area contributed by atoms with Gasteiger partial charge in [-0.15, -0.1) is 0 Å². The van der Waals surface area contributed by atoms with Crippen molar-refractivity contribution in [3.8, 4) is 0 Å². The molecule has 0 unspecified atom stereocenters. The van der Waals surface area contributed by atoms with Crippen LogP contribution < -0.4 is 4.90 Å². The van der Waals surface area contributed by atoms with E-state index in [0.29, 0.717) is 0 Å². The van der Waals surface area contributed by atoms with Crippen molar-refractivity contribution in [1.29, 1.82) is 0 Å². The SMILES string of the molecule is CN(c1ncnc2[nH]ccc12)C1CC(CS(=O)(=O)C2CC(F)C2)C1. The summed E-state index contributed by atoms with van der Waals surface area (Å²) in [5, 5.41) is 0.519. The molecule has 0 atom stereocenters. The summed E-state index contributed by atoms with van der Waals surface area (Å²) in [6.45, 7) is 0. The lowest BCUT2D eigenvalue weighted by Gasteiger charge is -2.42. The van der Waals surface area contributed by atoms with E-state index in [9.17, 15) is 12.8 Å². The van der Waals surface area contributed by atoms with Crippen molar-refractivity contribution in [3.05, 3.63) is 18.6 Å². The molecule has 2 aliphatic carbocycles. The van der Waals surface area contributed by atoms with Crippen LogP contribution in [-0.4, -0.2) is 53.6 Å². The van der Waals surface area contributed by atoms with Gasteiger partial charge in [0.2, 0.25) is 0 Å². The number of rotatable bonds is 5. The van der Waals surface area contributed by atoms with Crippen LogP contribution in [0.15, 0.2) is 18.6 Å². The summed E-state index contributed by atoms with van der Waals surface area (Å²) in [5.74, 6) is 1.23. The summed E-state index contributed by atoms with van der Waals surface area (Å²) in [6.07, 6.45) is 4.48. The molecule has 1 N–H and O–H groups in total. The summed E-state index contributed by atoms with van der Waals surface area (Å²) in [6, 6.07) is 2.24. The number of hydrogen-bond donors (Lipinski definition) is 1. The third-order valence-corrected chi connectivity index (χ3v) is 7.78. The quantitative estimate of drug-likeness (QED) is 0.891. The van der Waals surface area contributed by atoms with Crippen molar-refractivity contribution in [1.82, 2.24) is 15.0 Å². The van der Waals surface area contributed by atoms with Gasteiger partial charge in [0.25, 0.3) is 0 Å². The minimum absolute atomic E-state index is 0.171. The topological polar surface area (TPSA) is 79.0 Å². The van der Waals surface area contributed by atoms with Gasteiger partial charge in [-0.1, -0.05) is 0 Å². The molecule has 0 radical (unpaired) electrons. The molecule has 0 saturated heterocycles. The van der Waals surface area contributed by atoms with Gasteiger partial charge >= 0.3 is 0 Å². The van der Waals surface area contributed by atoms with E-state index in [1.54, 1.807) is 0 Å². The fourth-order valence-corrected chi connectivity index (χ4v) is 5.93. The molecule has 0 spiro atoms. The fourth-order valence-electron chi connectivity index (χ4n) is 3.72. The molecular weight excluding hydrogens is 331 g/mol. The molecule has 8 heteroatoms. The minimum Gasteiger partial charge on any atom is -0.356 e. The molecule has 130 valence electrons. The second-order valence-electron chi connectivity index (χ2n) is 7.06. The standard InChI is InChI=1S/C16H21FN4O2S/c1-21(16-14-2-3-18-15(14)19-9-20-16)12-4-10(5-12)8-24(22,23)13-6-11(17)7-13/h2-3,9-13H,4-8H2,1H3,(H,18,19,20). The number of fused-ring (bicyclic) bond motifs is 1. The Hall–Kier alpha value is -1.70. The molecule has 2 aromatic rings. The smallest absolute Gasteiger partial charge is 0.153 e. The van der Waals surface area contributed by atoms with Crippen molar-refractivity contribution in [2.24, 2.45) is 5.92 Å². The molecule has 0 aliphatic heterocycles. The van der Waals surface area contributed by atoms with E-state index >= 15 is 0 Å². The average molecular weight is 352 g/mol. The summed E-state index contributed by atoms with van der Waals surface area (Å²) >= 11 is 0. The first-order chi connectivity index (χ1) is 11.4. The first-order valence-electron chi connectivity index (χ1n) is 8.30. The second-order valence-corrected chi connectivity index (χ2v) is 9.39. The van der Waals surface area contributed by atoms with Crippen LogP contribution in [0.1, 0.15) is 25.7 Å². The largest absolute Gasteiger partial charge is 0.356 e. The average Bonchev–Trinajstić information content (AvgIpc) is 2.95. The first-order valence-corrected chi connectivity index (χ1v) is 10.0. The molecule has 2 fully saturated rings. The summed E-state index contributed by atoms with van der Waals surface area (Å²) in [5.41, 5.74) is 0.802. The highest BCUT2D eigenvalue weighted by molar-refractivity contribution is 7.92. The van der Waals surface area contributed by atoms with Gasteiger partial charge in [0.05, 0.1) is 16.4 Å². The Morgan fingerprint density at radius 1 is 1.29 bits per heavy atom. The number of alkyl halides is 1. The summed E-state index contributed by atoms with van der Waals surface area (Å²) in [4.78, 5) is 13.7. The van der Waals surface area contributed by atoms with E-state index in [2.05, 4.69) is 19.9 Å². The van der Waals surface area contributed by atoms with Crippen LogP contribution in [0.2, 0.25) is 0 Å². The zero-order valence-electron chi connectivity index (χ0n) is 13.5. The van der Waals surface area contributed by atoms with Gasteiger partial charge in [0.1, 0.15) is 24.0 Å². The van der Waals surface area contributed by atoms with Crippen molar-refractivity contribution < 1.29 is 12.8 Å². The number of aromatic nitrogens is 3. The molecular formula is C16H21FN4O2S. The van der Waals surface area contributed by atoms with Gasteiger partial charge < -0.3 is 9.88 Å². The highest BCUT2D eigenvalue weighted by Crippen LogP contribution is 2.38. The van der Waals surface area contributed by atoms with Crippen molar-refractivity contribution >= 4 is 26.7 Å². The van der Waals surface area contributed by atoms with Crippen LogP contribution in [0.3, 0.4) is 0 Å². The van der Waals surface area contributed by atoms with Crippen molar-refractivity contribution in [2.75, 3.05) is 17.7 Å². The van der Waals surface area contributed by atoms with Crippen LogP contribution >= 0.6 is 0 Å². The lowest BCUT2D eigenvalue weighted by Crippen LogP contribution is -2.47. The van der Waals surface area contributed by atoms with Gasteiger partial charge in [-0.25, -0.2) is 22.8 Å². The summed E-state index contributed by atoms with van der Waals surface area (Å²) in [7, 11) is -1.16. The molecule has 0 amide bonds. The van der Waals surface area contributed by atoms with E-state index in [1.807, 2.05) is 19.3 Å². The number of H-pyrrole nitrogens is 1. The van der Waals surface area contributed by atoms with Crippen LogP contribution in [0, 0.1) is 5.92 Å². The molecule has 24 heavy (non-hydrogen) atoms. The molecule has 0 aromatic carbocycles. The third kappa shape index (κ3) is 2.66. The monoisotopic (exact) mass is 352 g/mol. The van der Waals surface area contributed by atoms with Crippen LogP contribution in [-0.2, 0) is 9.84 Å². The van der Waals surface area contributed by atoms with Gasteiger partial charge in [0.15, 0.2) is 9.84 Å². The zero-order chi connectivity index (χ0) is 16.9. The molecule has 2 aromatic heterocycles. The maximum atomic E-state index is 12.9. The maximum absolute atomic E-state index is 12.9. The van der Waals surface area contributed by atoms with Crippen LogP contribution in [0.5, 0.6) is 0 Å². The number of aromatic amines is 1. The third-order valence-electron chi connectivity index (χ3n) is 5.44. The lowest BCUT2D eigenvalue weighted by molar-refractivity contribution is 0.211. The zero-order valence-corrected chi connectivity index (χ0v) is 14.3. The Kier molecular flexibility index (Phi) is 3.74. The predicted octanol–water partition coefficient (Wildman–Crippen LogP) is 2.09. The number of anilines is 1. The number of sulfone groups is 1. The molecule has 2 aliphatic rings. The van der Waals surface area contributed by atoms with E-state index in [0.717, 1.165) is 29.7 Å². The number of halogens is 1. The first kappa shape index (κ1) is 15.8. The number of hydrogen-bond acceptors (Lipinski definition) is 5. The fraction of sp³-hybridized carbons (Fsp3) is 0.625. The Morgan fingerprint density at radius 3 is 2.75 bits per heavy atom. The van der Waals surface area contributed by atoms with Gasteiger partial charge in [-0.2, -0.15) is 0 Å².